The fourth-order valence-corrected chi connectivity index (χ4v) is 3.10. The van der Waals surface area contributed by atoms with Gasteiger partial charge < -0.3 is 13.8 Å². The first kappa shape index (κ1) is 15.2. The molecule has 0 radical (unpaired) electrons. The third-order valence-corrected chi connectivity index (χ3v) is 4.43. The molecule has 2 aromatic heterocycles. The lowest BCUT2D eigenvalue weighted by Crippen LogP contribution is -2.36. The lowest BCUT2D eigenvalue weighted by molar-refractivity contribution is 0.162. The molecule has 3 heterocycles. The van der Waals surface area contributed by atoms with E-state index in [0.29, 0.717) is 6.04 Å². The molecule has 6 heteroatoms. The van der Waals surface area contributed by atoms with Gasteiger partial charge in [0, 0.05) is 24.7 Å². The molecular formula is C16H24N4O2. The summed E-state index contributed by atoms with van der Waals surface area (Å²) in [4.78, 5) is 9.16. The smallest absolute Gasteiger partial charge is 0.208 e. The van der Waals surface area contributed by atoms with E-state index in [2.05, 4.69) is 27.0 Å². The molecule has 0 spiro atoms. The largest absolute Gasteiger partial charge is 0.445 e. The van der Waals surface area contributed by atoms with Gasteiger partial charge in [-0.25, -0.2) is 4.98 Å². The van der Waals surface area contributed by atoms with Gasteiger partial charge in [-0.2, -0.15) is 0 Å². The molecule has 0 amide bonds. The van der Waals surface area contributed by atoms with Crippen LogP contribution in [0.1, 0.15) is 35.1 Å². The summed E-state index contributed by atoms with van der Waals surface area (Å²) in [5, 5.41) is 4.07. The number of rotatable bonds is 5. The van der Waals surface area contributed by atoms with Crippen molar-refractivity contribution in [1.29, 1.82) is 0 Å². The average Bonchev–Trinajstić information content (AvgIpc) is 3.15. The van der Waals surface area contributed by atoms with E-state index >= 15 is 0 Å². The summed E-state index contributed by atoms with van der Waals surface area (Å²) in [5.74, 6) is 2.53. The number of likely N-dealkylation sites (tertiary alicyclic amines) is 1. The predicted octanol–water partition coefficient (Wildman–Crippen LogP) is 2.29. The molecule has 0 saturated carbocycles. The monoisotopic (exact) mass is 304 g/mol. The first-order valence-electron chi connectivity index (χ1n) is 7.78. The Morgan fingerprint density at radius 3 is 2.68 bits per heavy atom. The van der Waals surface area contributed by atoms with Crippen LogP contribution in [0.4, 0.5) is 0 Å². The van der Waals surface area contributed by atoms with Crippen molar-refractivity contribution in [2.75, 3.05) is 20.1 Å². The Kier molecular flexibility index (Phi) is 4.31. The van der Waals surface area contributed by atoms with Gasteiger partial charge >= 0.3 is 0 Å². The highest BCUT2D eigenvalue weighted by Gasteiger charge is 2.28. The van der Waals surface area contributed by atoms with Gasteiger partial charge in [-0.3, -0.25) is 4.90 Å². The minimum atomic E-state index is 0.505. The van der Waals surface area contributed by atoms with Crippen molar-refractivity contribution in [2.24, 2.45) is 0 Å². The van der Waals surface area contributed by atoms with E-state index in [9.17, 15) is 0 Å². The third kappa shape index (κ3) is 3.23. The summed E-state index contributed by atoms with van der Waals surface area (Å²) in [5.41, 5.74) is 2.15. The van der Waals surface area contributed by atoms with Crippen LogP contribution >= 0.6 is 0 Å². The van der Waals surface area contributed by atoms with Gasteiger partial charge in [0.05, 0.1) is 18.4 Å². The SMILES string of the molecule is Cc1cnc(CN(Cc2c(C)noc2C)[C@H]2CCN(C)C2)o1. The molecule has 120 valence electrons. The van der Waals surface area contributed by atoms with Crippen LogP contribution in [-0.2, 0) is 13.1 Å². The van der Waals surface area contributed by atoms with E-state index in [1.165, 1.54) is 12.0 Å². The number of likely N-dealkylation sites (N-methyl/N-ethyl adjacent to an activating group) is 1. The van der Waals surface area contributed by atoms with E-state index < -0.39 is 0 Å². The number of oxazole rings is 1. The molecule has 1 aliphatic rings. The van der Waals surface area contributed by atoms with Gasteiger partial charge in [0.2, 0.25) is 5.89 Å². The zero-order chi connectivity index (χ0) is 15.7. The molecule has 1 saturated heterocycles. The fraction of sp³-hybridized carbons (Fsp3) is 0.625. The van der Waals surface area contributed by atoms with Crippen LogP contribution in [0.2, 0.25) is 0 Å². The van der Waals surface area contributed by atoms with Crippen molar-refractivity contribution in [1.82, 2.24) is 19.9 Å². The molecule has 1 atom stereocenters. The van der Waals surface area contributed by atoms with Gasteiger partial charge in [0.1, 0.15) is 11.5 Å². The van der Waals surface area contributed by atoms with E-state index in [4.69, 9.17) is 8.94 Å². The van der Waals surface area contributed by atoms with Crippen LogP contribution in [0, 0.1) is 20.8 Å². The topological polar surface area (TPSA) is 58.5 Å². The van der Waals surface area contributed by atoms with E-state index in [1.807, 2.05) is 20.8 Å². The molecular weight excluding hydrogens is 280 g/mol. The summed E-state index contributed by atoms with van der Waals surface area (Å²) >= 11 is 0. The maximum atomic E-state index is 5.67. The molecule has 1 aliphatic heterocycles. The van der Waals surface area contributed by atoms with Crippen LogP contribution < -0.4 is 0 Å². The van der Waals surface area contributed by atoms with Crippen LogP contribution in [0.5, 0.6) is 0 Å². The molecule has 0 aromatic carbocycles. The van der Waals surface area contributed by atoms with Gasteiger partial charge in [-0.15, -0.1) is 0 Å². The highest BCUT2D eigenvalue weighted by atomic mass is 16.5. The van der Waals surface area contributed by atoms with Crippen LogP contribution in [-0.4, -0.2) is 46.1 Å². The van der Waals surface area contributed by atoms with E-state index in [1.54, 1.807) is 6.20 Å². The molecule has 0 bridgehead atoms. The van der Waals surface area contributed by atoms with Gasteiger partial charge in [0.15, 0.2) is 0 Å². The first-order valence-corrected chi connectivity index (χ1v) is 7.78. The van der Waals surface area contributed by atoms with Gasteiger partial charge in [-0.05, 0) is 40.8 Å². The maximum Gasteiger partial charge on any atom is 0.208 e. The zero-order valence-electron chi connectivity index (χ0n) is 13.8. The molecule has 6 nitrogen and oxygen atoms in total. The normalized spacial score (nSPS) is 19.4. The van der Waals surface area contributed by atoms with Crippen molar-refractivity contribution < 1.29 is 8.94 Å². The standard InChI is InChI=1S/C16H24N4O2/c1-11-7-17-16(21-11)10-20(14-5-6-19(4)8-14)9-15-12(2)18-22-13(15)3/h7,14H,5-6,8-10H2,1-4H3/t14-/m0/s1. The van der Waals surface area contributed by atoms with Crippen molar-refractivity contribution >= 4 is 0 Å². The lowest BCUT2D eigenvalue weighted by atomic mass is 10.1. The summed E-state index contributed by atoms with van der Waals surface area (Å²) in [6.07, 6.45) is 2.95. The van der Waals surface area contributed by atoms with Gasteiger partial charge in [-0.1, -0.05) is 5.16 Å². The van der Waals surface area contributed by atoms with Crippen LogP contribution in [0.3, 0.4) is 0 Å². The number of aryl methyl sites for hydroxylation is 3. The Bertz CT molecular complexity index is 614. The second-order valence-corrected chi connectivity index (χ2v) is 6.28. The third-order valence-electron chi connectivity index (χ3n) is 4.43. The van der Waals surface area contributed by atoms with Gasteiger partial charge in [0.25, 0.3) is 0 Å². The average molecular weight is 304 g/mol. The van der Waals surface area contributed by atoms with E-state index in [0.717, 1.165) is 49.3 Å². The Balaban J connectivity index is 1.79. The summed E-state index contributed by atoms with van der Waals surface area (Å²) in [6.45, 7) is 9.65. The molecule has 0 aliphatic carbocycles. The number of nitrogens with zero attached hydrogens (tertiary/aromatic N) is 4. The van der Waals surface area contributed by atoms with Crippen molar-refractivity contribution in [3.63, 3.8) is 0 Å². The second-order valence-electron chi connectivity index (χ2n) is 6.28. The highest BCUT2D eigenvalue weighted by Crippen LogP contribution is 2.22. The molecule has 2 aromatic rings. The van der Waals surface area contributed by atoms with Crippen molar-refractivity contribution in [3.05, 3.63) is 34.9 Å². The summed E-state index contributed by atoms with van der Waals surface area (Å²) in [7, 11) is 2.17. The first-order chi connectivity index (χ1) is 10.5. The Labute approximate surface area is 131 Å². The van der Waals surface area contributed by atoms with Crippen molar-refractivity contribution in [2.45, 2.75) is 46.3 Å². The predicted molar refractivity (Wildman–Crippen MR) is 82.4 cm³/mol. The minimum Gasteiger partial charge on any atom is -0.445 e. The lowest BCUT2D eigenvalue weighted by Gasteiger charge is -2.27. The molecule has 3 rings (SSSR count). The van der Waals surface area contributed by atoms with Crippen LogP contribution in [0.25, 0.3) is 0 Å². The fourth-order valence-electron chi connectivity index (χ4n) is 3.10. The Hall–Kier alpha value is -1.66. The molecule has 1 fully saturated rings. The van der Waals surface area contributed by atoms with Crippen LogP contribution in [0.15, 0.2) is 15.1 Å². The zero-order valence-corrected chi connectivity index (χ0v) is 13.8. The number of aromatic nitrogens is 2. The Morgan fingerprint density at radius 1 is 1.32 bits per heavy atom. The summed E-state index contributed by atoms with van der Waals surface area (Å²) < 4.78 is 11.0. The van der Waals surface area contributed by atoms with E-state index in [-0.39, 0.29) is 0 Å². The number of hydrogen-bond acceptors (Lipinski definition) is 6. The number of hydrogen-bond donors (Lipinski definition) is 0. The second kappa shape index (κ2) is 6.22. The molecule has 0 N–H and O–H groups in total. The quantitative estimate of drug-likeness (QED) is 0.845. The minimum absolute atomic E-state index is 0.505. The van der Waals surface area contributed by atoms with Crippen molar-refractivity contribution in [3.8, 4) is 0 Å². The summed E-state index contributed by atoms with van der Waals surface area (Å²) in [6, 6.07) is 0.505. The highest BCUT2D eigenvalue weighted by molar-refractivity contribution is 5.20. The molecule has 22 heavy (non-hydrogen) atoms. The Morgan fingerprint density at radius 2 is 2.14 bits per heavy atom. The maximum absolute atomic E-state index is 5.67. The molecule has 0 unspecified atom stereocenters.